The number of nitrogens with one attached hydrogen (secondary N) is 1. The number of hydrogen-bond donors (Lipinski definition) is 1. The molecule has 1 amide bonds. The predicted molar refractivity (Wildman–Crippen MR) is 128 cm³/mol. The van der Waals surface area contributed by atoms with E-state index in [-0.39, 0.29) is 21.7 Å². The zero-order valence-electron chi connectivity index (χ0n) is 20.5. The van der Waals surface area contributed by atoms with Gasteiger partial charge in [0.15, 0.2) is 0 Å². The monoisotopic (exact) mass is 545 g/mol. The first-order valence-corrected chi connectivity index (χ1v) is 13.5. The number of allylic oxidation sites excluding steroid dienone is 1. The van der Waals surface area contributed by atoms with Crippen LogP contribution in [0.1, 0.15) is 63.5 Å². The lowest BCUT2D eigenvalue weighted by molar-refractivity contribution is -0.161. The Morgan fingerprint density at radius 3 is 2.38 bits per heavy atom. The number of fused-ring (bicyclic) bond motifs is 5. The molecular weight excluding hydrogens is 516 g/mol. The smallest absolute Gasteiger partial charge is 0.325 e. The van der Waals surface area contributed by atoms with Gasteiger partial charge < -0.3 is 5.32 Å². The second-order valence-corrected chi connectivity index (χ2v) is 12.7. The highest BCUT2D eigenvalue weighted by Crippen LogP contribution is 2.66. The third-order valence-electron chi connectivity index (χ3n) is 9.76. The lowest BCUT2D eigenvalue weighted by atomic mass is 9.49. The fourth-order valence-electron chi connectivity index (χ4n) is 8.05. The third kappa shape index (κ3) is 4.31. The Hall–Kier alpha value is -1.97. The van der Waals surface area contributed by atoms with E-state index >= 15 is 0 Å². The van der Waals surface area contributed by atoms with Gasteiger partial charge in [0.2, 0.25) is 11.0 Å². The molecule has 202 valence electrons. The lowest BCUT2D eigenvalue weighted by Gasteiger charge is -2.58. The number of halogens is 6. The number of anilines is 1. The van der Waals surface area contributed by atoms with E-state index in [1.165, 1.54) is 11.8 Å². The van der Waals surface area contributed by atoms with Gasteiger partial charge in [0.25, 0.3) is 0 Å². The second kappa shape index (κ2) is 8.78. The van der Waals surface area contributed by atoms with Gasteiger partial charge in [-0.25, -0.2) is 0 Å². The Bertz CT molecular complexity index is 1150. The topological polar surface area (TPSA) is 46.2 Å². The summed E-state index contributed by atoms with van der Waals surface area (Å²) in [5, 5.41) is 2.54. The van der Waals surface area contributed by atoms with Crippen molar-refractivity contribution in [1.82, 2.24) is 0 Å². The number of alkyl halides is 6. The molecule has 5 rings (SSSR count). The molecule has 0 bridgehead atoms. The van der Waals surface area contributed by atoms with E-state index in [1.807, 2.05) is 6.92 Å². The molecule has 1 N–H and O–H groups in total. The molecule has 1 aliphatic heterocycles. The third-order valence-corrected chi connectivity index (χ3v) is 11.2. The first kappa shape index (κ1) is 26.6. The first-order chi connectivity index (χ1) is 17.2. The summed E-state index contributed by atoms with van der Waals surface area (Å²) in [6.07, 6.45) is -2.17. The zero-order chi connectivity index (χ0) is 27.0. The van der Waals surface area contributed by atoms with E-state index < -0.39 is 46.4 Å². The highest BCUT2D eigenvalue weighted by atomic mass is 32.2. The number of carbonyl (C=O) groups is 2. The Balaban J connectivity index is 1.41. The van der Waals surface area contributed by atoms with Crippen LogP contribution in [-0.4, -0.2) is 16.3 Å². The number of thioether (sulfide) groups is 1. The van der Waals surface area contributed by atoms with Crippen molar-refractivity contribution in [2.24, 2.45) is 34.5 Å². The minimum atomic E-state index is -5.28. The number of carbonyl (C=O) groups excluding carboxylic acids is 2. The van der Waals surface area contributed by atoms with Crippen LogP contribution in [0.15, 0.2) is 30.4 Å². The SMILES string of the molecule is C[C@]12C=CC(=O)SC1CC[C@@H]1[C@H]2CC[C@]2(C)C(C(=O)Nc3cccc(C(F)(F)F)c3C(F)(F)F)CC[C@@H]12. The van der Waals surface area contributed by atoms with Crippen molar-refractivity contribution in [2.75, 3.05) is 5.32 Å². The molecule has 3 saturated carbocycles. The minimum absolute atomic E-state index is 0.0759. The van der Waals surface area contributed by atoms with Gasteiger partial charge in [-0.2, -0.15) is 26.3 Å². The number of hydrogen-bond acceptors (Lipinski definition) is 3. The van der Waals surface area contributed by atoms with E-state index in [9.17, 15) is 35.9 Å². The van der Waals surface area contributed by atoms with Gasteiger partial charge in [-0.1, -0.05) is 37.8 Å². The Morgan fingerprint density at radius 2 is 1.70 bits per heavy atom. The maximum Gasteiger partial charge on any atom is 0.419 e. The van der Waals surface area contributed by atoms with Gasteiger partial charge >= 0.3 is 12.4 Å². The van der Waals surface area contributed by atoms with Crippen molar-refractivity contribution in [3.8, 4) is 0 Å². The average Bonchev–Trinajstić information content (AvgIpc) is 3.15. The number of rotatable bonds is 2. The van der Waals surface area contributed by atoms with Gasteiger partial charge in [0.05, 0.1) is 16.8 Å². The van der Waals surface area contributed by atoms with E-state index in [0.717, 1.165) is 37.8 Å². The quantitative estimate of drug-likeness (QED) is 0.387. The van der Waals surface area contributed by atoms with Crippen LogP contribution in [0.4, 0.5) is 32.0 Å². The van der Waals surface area contributed by atoms with Crippen LogP contribution >= 0.6 is 11.8 Å². The van der Waals surface area contributed by atoms with Crippen molar-refractivity contribution < 1.29 is 35.9 Å². The molecule has 10 heteroatoms. The van der Waals surface area contributed by atoms with Crippen LogP contribution in [0.5, 0.6) is 0 Å². The molecule has 0 spiro atoms. The molecule has 4 aliphatic rings. The zero-order valence-corrected chi connectivity index (χ0v) is 21.3. The fourth-order valence-corrected chi connectivity index (χ4v) is 9.24. The first-order valence-electron chi connectivity index (χ1n) is 12.6. The molecule has 3 nitrogen and oxygen atoms in total. The molecule has 0 aromatic heterocycles. The summed E-state index contributed by atoms with van der Waals surface area (Å²) in [4.78, 5) is 25.4. The summed E-state index contributed by atoms with van der Waals surface area (Å²) >= 11 is 1.40. The number of amides is 1. The van der Waals surface area contributed by atoms with Crippen molar-refractivity contribution >= 4 is 28.5 Å². The van der Waals surface area contributed by atoms with Crippen LogP contribution in [0.2, 0.25) is 0 Å². The van der Waals surface area contributed by atoms with Crippen molar-refractivity contribution in [1.29, 1.82) is 0 Å². The molecule has 1 aromatic carbocycles. The molecule has 7 atom stereocenters. The van der Waals surface area contributed by atoms with E-state index in [4.69, 9.17) is 0 Å². The summed E-state index contributed by atoms with van der Waals surface area (Å²) in [7, 11) is 0. The molecule has 3 aliphatic carbocycles. The summed E-state index contributed by atoms with van der Waals surface area (Å²) < 4.78 is 81.2. The highest BCUT2D eigenvalue weighted by Gasteiger charge is 2.61. The van der Waals surface area contributed by atoms with Crippen LogP contribution in [0, 0.1) is 34.5 Å². The van der Waals surface area contributed by atoms with Crippen LogP contribution < -0.4 is 5.32 Å². The molecule has 2 unspecified atom stereocenters. The van der Waals surface area contributed by atoms with Gasteiger partial charge in [-0.15, -0.1) is 0 Å². The minimum Gasteiger partial charge on any atom is -0.325 e. The van der Waals surface area contributed by atoms with Gasteiger partial charge in [0.1, 0.15) is 0 Å². The van der Waals surface area contributed by atoms with Crippen LogP contribution in [0.25, 0.3) is 0 Å². The Kier molecular flexibility index (Phi) is 6.32. The normalized spacial score (nSPS) is 37.5. The fraction of sp³-hybridized carbons (Fsp3) is 0.630. The average molecular weight is 546 g/mol. The predicted octanol–water partition coefficient (Wildman–Crippen LogP) is 7.72. The van der Waals surface area contributed by atoms with E-state index in [2.05, 4.69) is 18.3 Å². The van der Waals surface area contributed by atoms with Crippen molar-refractivity contribution in [3.05, 3.63) is 41.5 Å². The number of benzene rings is 1. The molecule has 1 aromatic rings. The summed E-state index contributed by atoms with van der Waals surface area (Å²) in [6.45, 7) is 4.23. The maximum absolute atomic E-state index is 13.7. The van der Waals surface area contributed by atoms with Crippen LogP contribution in [0.3, 0.4) is 0 Å². The summed E-state index contributed by atoms with van der Waals surface area (Å²) in [5.74, 6) is -0.359. The summed E-state index contributed by atoms with van der Waals surface area (Å²) in [6, 6.07) is 2.16. The second-order valence-electron chi connectivity index (χ2n) is 11.5. The Morgan fingerprint density at radius 1 is 0.973 bits per heavy atom. The molecular formula is C27H29F6NO2S. The molecule has 0 saturated heterocycles. The molecule has 0 radical (unpaired) electrons. The molecule has 3 fully saturated rings. The van der Waals surface area contributed by atoms with Gasteiger partial charge in [-0.05, 0) is 79.9 Å². The largest absolute Gasteiger partial charge is 0.419 e. The molecule has 37 heavy (non-hydrogen) atoms. The van der Waals surface area contributed by atoms with E-state index in [0.29, 0.717) is 30.7 Å². The standard InChI is InChI=1S/C27H29F6NO2S/c1-24-12-10-16-14(6-9-20-25(16,2)13-11-21(35)37-20)15(24)7-8-18(24)23(36)34-19-5-3-4-17(26(28,29)30)22(19)27(31,32)33/h3-5,11,13-16,18,20H,6-10,12H2,1-2H3,(H,34,36)/t14-,15-,16+,18?,20?,24-,25+/m0/s1. The maximum atomic E-state index is 13.7. The highest BCUT2D eigenvalue weighted by molar-refractivity contribution is 8.14. The molecule has 1 heterocycles. The lowest BCUT2D eigenvalue weighted by Crippen LogP contribution is -2.53. The van der Waals surface area contributed by atoms with Crippen LogP contribution in [-0.2, 0) is 21.9 Å². The van der Waals surface area contributed by atoms with Crippen molar-refractivity contribution in [2.45, 2.75) is 70.0 Å². The summed E-state index contributed by atoms with van der Waals surface area (Å²) in [5.41, 5.74) is -5.09. The van der Waals surface area contributed by atoms with Crippen molar-refractivity contribution in [3.63, 3.8) is 0 Å². The van der Waals surface area contributed by atoms with Gasteiger partial charge in [0, 0.05) is 16.6 Å². The Labute approximate surface area is 215 Å². The van der Waals surface area contributed by atoms with E-state index in [1.54, 1.807) is 6.08 Å². The van der Waals surface area contributed by atoms with Gasteiger partial charge in [-0.3, -0.25) is 9.59 Å².